The summed E-state index contributed by atoms with van der Waals surface area (Å²) in [4.78, 5) is 4.95. The molecule has 1 N–H and O–H groups in total. The SMILES string of the molecule is CN(C[C@@H]1CCCN(CCO)C1)C1CC1. The first kappa shape index (κ1) is 11.4. The summed E-state index contributed by atoms with van der Waals surface area (Å²) in [6.07, 6.45) is 5.50. The number of hydrogen-bond acceptors (Lipinski definition) is 3. The van der Waals surface area contributed by atoms with Crippen molar-refractivity contribution in [2.45, 2.75) is 31.7 Å². The first-order valence-electron chi connectivity index (χ1n) is 6.33. The zero-order valence-corrected chi connectivity index (χ0v) is 9.86. The number of piperidine rings is 1. The van der Waals surface area contributed by atoms with Crippen molar-refractivity contribution >= 4 is 0 Å². The molecule has 0 aromatic heterocycles. The number of aliphatic hydroxyl groups is 1. The predicted molar refractivity (Wildman–Crippen MR) is 61.9 cm³/mol. The zero-order chi connectivity index (χ0) is 10.7. The van der Waals surface area contributed by atoms with E-state index in [-0.39, 0.29) is 0 Å². The third-order valence-electron chi connectivity index (χ3n) is 3.74. The molecule has 1 heterocycles. The lowest BCUT2D eigenvalue weighted by Gasteiger charge is -2.34. The van der Waals surface area contributed by atoms with Gasteiger partial charge in [0, 0.05) is 25.7 Å². The van der Waals surface area contributed by atoms with Gasteiger partial charge in [-0.15, -0.1) is 0 Å². The van der Waals surface area contributed by atoms with Gasteiger partial charge in [-0.2, -0.15) is 0 Å². The van der Waals surface area contributed by atoms with E-state index < -0.39 is 0 Å². The van der Waals surface area contributed by atoms with Crippen molar-refractivity contribution in [3.8, 4) is 0 Å². The van der Waals surface area contributed by atoms with Gasteiger partial charge in [0.2, 0.25) is 0 Å². The third kappa shape index (κ3) is 3.44. The summed E-state index contributed by atoms with van der Waals surface area (Å²) >= 11 is 0. The van der Waals surface area contributed by atoms with Gasteiger partial charge in [-0.25, -0.2) is 0 Å². The number of likely N-dealkylation sites (tertiary alicyclic amines) is 1. The van der Waals surface area contributed by atoms with Crippen LogP contribution < -0.4 is 0 Å². The van der Waals surface area contributed by atoms with Crippen LogP contribution in [0.4, 0.5) is 0 Å². The van der Waals surface area contributed by atoms with Crippen LogP contribution in [0.2, 0.25) is 0 Å². The van der Waals surface area contributed by atoms with Crippen LogP contribution in [0.5, 0.6) is 0 Å². The highest BCUT2D eigenvalue weighted by molar-refractivity contribution is 4.85. The highest BCUT2D eigenvalue weighted by Crippen LogP contribution is 2.27. The summed E-state index contributed by atoms with van der Waals surface area (Å²) in [6.45, 7) is 4.81. The lowest BCUT2D eigenvalue weighted by Crippen LogP contribution is -2.41. The highest BCUT2D eigenvalue weighted by atomic mass is 16.3. The molecule has 1 aliphatic carbocycles. The molecule has 0 radical (unpaired) electrons. The molecule has 1 aliphatic heterocycles. The standard InChI is InChI=1S/C12H24N2O/c1-13(12-4-5-12)9-11-3-2-6-14(10-11)7-8-15/h11-12,15H,2-10H2,1H3/t11-/m0/s1. The van der Waals surface area contributed by atoms with Gasteiger partial charge in [0.25, 0.3) is 0 Å². The second-order valence-electron chi connectivity index (χ2n) is 5.20. The van der Waals surface area contributed by atoms with Crippen LogP contribution in [0.1, 0.15) is 25.7 Å². The molecule has 3 nitrogen and oxygen atoms in total. The molecular formula is C12H24N2O. The topological polar surface area (TPSA) is 26.7 Å². The molecule has 2 aliphatic rings. The van der Waals surface area contributed by atoms with E-state index >= 15 is 0 Å². The maximum absolute atomic E-state index is 8.93. The number of hydrogen-bond donors (Lipinski definition) is 1. The molecule has 1 saturated carbocycles. The van der Waals surface area contributed by atoms with Crippen molar-refractivity contribution in [1.82, 2.24) is 9.80 Å². The molecule has 88 valence electrons. The second-order valence-corrected chi connectivity index (χ2v) is 5.20. The molecule has 2 rings (SSSR count). The third-order valence-corrected chi connectivity index (χ3v) is 3.74. The van der Waals surface area contributed by atoms with Gasteiger partial charge in [-0.3, -0.25) is 0 Å². The van der Waals surface area contributed by atoms with Gasteiger partial charge < -0.3 is 14.9 Å². The first-order chi connectivity index (χ1) is 7.29. The van der Waals surface area contributed by atoms with Crippen LogP contribution in [0.3, 0.4) is 0 Å². The Bertz CT molecular complexity index is 192. The van der Waals surface area contributed by atoms with Crippen LogP contribution in [0.25, 0.3) is 0 Å². The number of β-amino-alcohol motifs (C(OH)–C–C–N with tert-alkyl or cyclic N) is 1. The van der Waals surface area contributed by atoms with E-state index in [0.717, 1.165) is 18.5 Å². The summed E-state index contributed by atoms with van der Waals surface area (Å²) in [7, 11) is 2.27. The maximum atomic E-state index is 8.93. The molecule has 1 atom stereocenters. The van der Waals surface area contributed by atoms with Crippen LogP contribution in [-0.4, -0.2) is 60.8 Å². The van der Waals surface area contributed by atoms with Gasteiger partial charge in [-0.1, -0.05) is 0 Å². The average Bonchev–Trinajstić information content (AvgIpc) is 3.01. The normalized spacial score (nSPS) is 28.6. The molecule has 0 aromatic rings. The van der Waals surface area contributed by atoms with Gasteiger partial charge in [0.15, 0.2) is 0 Å². The summed E-state index contributed by atoms with van der Waals surface area (Å²) < 4.78 is 0. The monoisotopic (exact) mass is 212 g/mol. The maximum Gasteiger partial charge on any atom is 0.0558 e. The summed E-state index contributed by atoms with van der Waals surface area (Å²) in [5, 5.41) is 8.93. The van der Waals surface area contributed by atoms with E-state index in [9.17, 15) is 0 Å². The smallest absolute Gasteiger partial charge is 0.0558 e. The Morgan fingerprint density at radius 1 is 1.33 bits per heavy atom. The molecule has 0 spiro atoms. The molecule has 0 unspecified atom stereocenters. The minimum Gasteiger partial charge on any atom is -0.395 e. The molecule has 15 heavy (non-hydrogen) atoms. The van der Waals surface area contributed by atoms with Crippen LogP contribution in [0, 0.1) is 5.92 Å². The predicted octanol–water partition coefficient (Wildman–Crippen LogP) is 0.785. The summed E-state index contributed by atoms with van der Waals surface area (Å²) in [6, 6.07) is 0.887. The molecule has 0 amide bonds. The van der Waals surface area contributed by atoms with Crippen LogP contribution in [-0.2, 0) is 0 Å². The fourth-order valence-electron chi connectivity index (χ4n) is 2.72. The minimum atomic E-state index is 0.311. The molecule has 2 fully saturated rings. The quantitative estimate of drug-likeness (QED) is 0.730. The second kappa shape index (κ2) is 5.28. The molecule has 0 bridgehead atoms. The Hall–Kier alpha value is -0.120. The van der Waals surface area contributed by atoms with Crippen molar-refractivity contribution in [2.24, 2.45) is 5.92 Å². The van der Waals surface area contributed by atoms with E-state index in [4.69, 9.17) is 5.11 Å². The first-order valence-corrected chi connectivity index (χ1v) is 6.33. The van der Waals surface area contributed by atoms with Gasteiger partial charge in [-0.05, 0) is 45.2 Å². The van der Waals surface area contributed by atoms with Crippen molar-refractivity contribution in [2.75, 3.05) is 39.8 Å². The molecule has 3 heteroatoms. The highest BCUT2D eigenvalue weighted by Gasteiger charge is 2.29. The van der Waals surface area contributed by atoms with Gasteiger partial charge in [0.05, 0.1) is 6.61 Å². The average molecular weight is 212 g/mol. The van der Waals surface area contributed by atoms with Crippen molar-refractivity contribution in [1.29, 1.82) is 0 Å². The van der Waals surface area contributed by atoms with Crippen LogP contribution in [0.15, 0.2) is 0 Å². The Morgan fingerprint density at radius 3 is 2.80 bits per heavy atom. The van der Waals surface area contributed by atoms with E-state index in [1.807, 2.05) is 0 Å². The van der Waals surface area contributed by atoms with E-state index in [2.05, 4.69) is 16.8 Å². The Kier molecular flexibility index (Phi) is 4.00. The molecule has 1 saturated heterocycles. The van der Waals surface area contributed by atoms with E-state index in [1.165, 1.54) is 45.3 Å². The van der Waals surface area contributed by atoms with E-state index in [1.54, 1.807) is 0 Å². The fourth-order valence-corrected chi connectivity index (χ4v) is 2.72. The summed E-state index contributed by atoms with van der Waals surface area (Å²) in [5.74, 6) is 0.830. The lowest BCUT2D eigenvalue weighted by atomic mass is 9.97. The number of aliphatic hydroxyl groups excluding tert-OH is 1. The van der Waals surface area contributed by atoms with Gasteiger partial charge >= 0.3 is 0 Å². The summed E-state index contributed by atoms with van der Waals surface area (Å²) in [5.41, 5.74) is 0. The Labute approximate surface area is 93.1 Å². The van der Waals surface area contributed by atoms with Crippen LogP contribution >= 0.6 is 0 Å². The van der Waals surface area contributed by atoms with Crippen molar-refractivity contribution in [3.05, 3.63) is 0 Å². The molecular weight excluding hydrogens is 188 g/mol. The Balaban J connectivity index is 1.71. The lowest BCUT2D eigenvalue weighted by molar-refractivity contribution is 0.119. The number of rotatable bonds is 5. The van der Waals surface area contributed by atoms with Gasteiger partial charge in [0.1, 0.15) is 0 Å². The van der Waals surface area contributed by atoms with Crippen molar-refractivity contribution in [3.63, 3.8) is 0 Å². The number of nitrogens with zero attached hydrogens (tertiary/aromatic N) is 2. The zero-order valence-electron chi connectivity index (χ0n) is 9.86. The molecule has 0 aromatic carbocycles. The Morgan fingerprint density at radius 2 is 2.13 bits per heavy atom. The largest absolute Gasteiger partial charge is 0.395 e. The van der Waals surface area contributed by atoms with Crippen molar-refractivity contribution < 1.29 is 5.11 Å². The minimum absolute atomic E-state index is 0.311. The van der Waals surface area contributed by atoms with E-state index in [0.29, 0.717) is 6.61 Å². The fraction of sp³-hybridized carbons (Fsp3) is 1.00.